The Morgan fingerprint density at radius 1 is 1.06 bits per heavy atom. The lowest BCUT2D eigenvalue weighted by molar-refractivity contribution is -0.123. The van der Waals surface area contributed by atoms with Gasteiger partial charge in [0.1, 0.15) is 17.1 Å². The van der Waals surface area contributed by atoms with Crippen molar-refractivity contribution in [2.24, 2.45) is 0 Å². The molecular formula is C27H23ClFN3O3. The highest BCUT2D eigenvalue weighted by molar-refractivity contribution is 6.34. The number of ether oxygens (including phenoxy) is 1. The van der Waals surface area contributed by atoms with E-state index in [1.54, 1.807) is 26.0 Å². The van der Waals surface area contributed by atoms with E-state index in [1.165, 1.54) is 29.2 Å². The van der Waals surface area contributed by atoms with Gasteiger partial charge in [-0.25, -0.2) is 18.9 Å². The second kappa shape index (κ2) is 9.77. The Balaban J connectivity index is 1.39. The molecular weight excluding hydrogens is 469 g/mol. The molecule has 1 aliphatic rings. The minimum atomic E-state index is -1.06. The molecule has 1 fully saturated rings. The van der Waals surface area contributed by atoms with Crippen molar-refractivity contribution in [3.63, 3.8) is 0 Å². The molecule has 4 rings (SSSR count). The van der Waals surface area contributed by atoms with Crippen LogP contribution in [0, 0.1) is 12.4 Å². The van der Waals surface area contributed by atoms with Crippen molar-refractivity contribution in [3.05, 3.63) is 89.0 Å². The molecule has 0 aromatic heterocycles. The van der Waals surface area contributed by atoms with Crippen LogP contribution in [0.1, 0.15) is 20.3 Å². The summed E-state index contributed by atoms with van der Waals surface area (Å²) in [6, 6.07) is 18.0. The Kier molecular flexibility index (Phi) is 6.77. The number of imide groups is 1. The SMILES string of the molecule is [C-]#[N+]c1ccc(N2C(=O)N(CCCOc3ccc(-c4ccccc4)c(F)c3)C(C)(C)C2=O)cc1Cl. The van der Waals surface area contributed by atoms with Crippen molar-refractivity contribution in [1.29, 1.82) is 0 Å². The van der Waals surface area contributed by atoms with Crippen LogP contribution in [0.4, 0.5) is 20.6 Å². The molecule has 0 N–H and O–H groups in total. The molecule has 0 radical (unpaired) electrons. The fraction of sp³-hybridized carbons (Fsp3) is 0.222. The summed E-state index contributed by atoms with van der Waals surface area (Å²) < 4.78 is 20.3. The van der Waals surface area contributed by atoms with Crippen LogP contribution >= 0.6 is 11.6 Å². The molecule has 0 unspecified atom stereocenters. The van der Waals surface area contributed by atoms with Gasteiger partial charge < -0.3 is 9.64 Å². The van der Waals surface area contributed by atoms with Crippen molar-refractivity contribution >= 4 is 34.9 Å². The van der Waals surface area contributed by atoms with Crippen LogP contribution in [0.25, 0.3) is 16.0 Å². The summed E-state index contributed by atoms with van der Waals surface area (Å²) in [5, 5.41) is 0.174. The highest BCUT2D eigenvalue weighted by Crippen LogP contribution is 2.36. The molecule has 0 bridgehead atoms. The minimum absolute atomic E-state index is 0.174. The maximum atomic E-state index is 14.6. The zero-order chi connectivity index (χ0) is 25.2. The van der Waals surface area contributed by atoms with Gasteiger partial charge in [-0.3, -0.25) is 4.79 Å². The number of carbonyl (C=O) groups excluding carboxylic acids is 2. The minimum Gasteiger partial charge on any atom is -0.493 e. The van der Waals surface area contributed by atoms with Gasteiger partial charge in [-0.05, 0) is 50.1 Å². The number of benzene rings is 3. The standard InChI is InChI=1S/C27H23ClFN3O3/c1-27(2)25(33)32(19-10-13-24(30-3)22(28)16-19)26(34)31(27)14-7-15-35-20-11-12-21(23(29)17-20)18-8-5-4-6-9-18/h4-6,8-13,16-17H,7,14-15H2,1-2H3. The molecule has 178 valence electrons. The first-order valence-electron chi connectivity index (χ1n) is 11.0. The van der Waals surface area contributed by atoms with E-state index in [1.807, 2.05) is 30.3 Å². The van der Waals surface area contributed by atoms with Crippen LogP contribution in [0.15, 0.2) is 66.7 Å². The summed E-state index contributed by atoms with van der Waals surface area (Å²) in [7, 11) is 0. The zero-order valence-electron chi connectivity index (χ0n) is 19.3. The Morgan fingerprint density at radius 3 is 2.46 bits per heavy atom. The number of hydrogen-bond donors (Lipinski definition) is 0. The van der Waals surface area contributed by atoms with Crippen molar-refractivity contribution in [3.8, 4) is 16.9 Å². The topological polar surface area (TPSA) is 54.2 Å². The number of carbonyl (C=O) groups is 2. The normalized spacial score (nSPS) is 14.8. The van der Waals surface area contributed by atoms with E-state index >= 15 is 0 Å². The maximum absolute atomic E-state index is 14.6. The summed E-state index contributed by atoms with van der Waals surface area (Å²) in [6.07, 6.45) is 0.440. The lowest BCUT2D eigenvalue weighted by Crippen LogP contribution is -2.44. The van der Waals surface area contributed by atoms with Crippen molar-refractivity contribution in [2.75, 3.05) is 18.1 Å². The largest absolute Gasteiger partial charge is 0.493 e. The van der Waals surface area contributed by atoms with Crippen LogP contribution in [0.5, 0.6) is 5.75 Å². The number of hydrogen-bond acceptors (Lipinski definition) is 3. The van der Waals surface area contributed by atoms with Crippen LogP contribution in [0.3, 0.4) is 0 Å². The number of nitrogens with zero attached hydrogens (tertiary/aromatic N) is 3. The third kappa shape index (κ3) is 4.71. The first kappa shape index (κ1) is 24.2. The molecule has 0 saturated carbocycles. The van der Waals surface area contributed by atoms with E-state index in [9.17, 15) is 14.0 Å². The predicted molar refractivity (Wildman–Crippen MR) is 133 cm³/mol. The van der Waals surface area contributed by atoms with Crippen LogP contribution < -0.4 is 9.64 Å². The molecule has 0 aliphatic carbocycles. The van der Waals surface area contributed by atoms with Gasteiger partial charge in [-0.15, -0.1) is 0 Å². The summed E-state index contributed by atoms with van der Waals surface area (Å²) in [5.74, 6) is -0.372. The molecule has 3 aromatic carbocycles. The summed E-state index contributed by atoms with van der Waals surface area (Å²) in [4.78, 5) is 32.0. The third-order valence-electron chi connectivity index (χ3n) is 5.95. The van der Waals surface area contributed by atoms with Crippen LogP contribution in [-0.4, -0.2) is 35.5 Å². The molecule has 3 aromatic rings. The average Bonchev–Trinajstić information content (AvgIpc) is 3.01. The molecule has 3 amide bonds. The molecule has 8 heteroatoms. The van der Waals surface area contributed by atoms with E-state index < -0.39 is 11.6 Å². The molecule has 0 atom stereocenters. The Morgan fingerprint density at radius 2 is 1.80 bits per heavy atom. The molecule has 6 nitrogen and oxygen atoms in total. The molecule has 35 heavy (non-hydrogen) atoms. The molecule has 1 saturated heterocycles. The van der Waals surface area contributed by atoms with Gasteiger partial charge in [-0.2, -0.15) is 0 Å². The van der Waals surface area contributed by atoms with Crippen LogP contribution in [-0.2, 0) is 4.79 Å². The van der Waals surface area contributed by atoms with Gasteiger partial charge in [0.2, 0.25) is 5.69 Å². The fourth-order valence-corrected chi connectivity index (χ4v) is 4.23. The molecule has 0 spiro atoms. The predicted octanol–water partition coefficient (Wildman–Crippen LogP) is 6.71. The van der Waals surface area contributed by atoms with Gasteiger partial charge in [0, 0.05) is 23.2 Å². The smallest absolute Gasteiger partial charge is 0.332 e. The Bertz CT molecular complexity index is 1320. The number of halogens is 2. The van der Waals surface area contributed by atoms with Crippen LogP contribution in [0.2, 0.25) is 5.02 Å². The molecule has 1 aliphatic heterocycles. The third-order valence-corrected chi connectivity index (χ3v) is 6.26. The fourth-order valence-electron chi connectivity index (χ4n) is 4.01. The summed E-state index contributed by atoms with van der Waals surface area (Å²) in [5.41, 5.74) is 0.774. The highest BCUT2D eigenvalue weighted by atomic mass is 35.5. The summed E-state index contributed by atoms with van der Waals surface area (Å²) >= 11 is 6.11. The first-order chi connectivity index (χ1) is 16.7. The maximum Gasteiger partial charge on any atom is 0.332 e. The Hall–Kier alpha value is -3.89. The number of urea groups is 1. The van der Waals surface area contributed by atoms with E-state index in [2.05, 4.69) is 4.85 Å². The second-order valence-electron chi connectivity index (χ2n) is 8.59. The van der Waals surface area contributed by atoms with Gasteiger partial charge in [-0.1, -0.05) is 48.0 Å². The summed E-state index contributed by atoms with van der Waals surface area (Å²) in [6.45, 7) is 11.0. The highest BCUT2D eigenvalue weighted by Gasteiger charge is 2.51. The number of rotatable bonds is 7. The van der Waals surface area contributed by atoms with E-state index in [4.69, 9.17) is 22.9 Å². The first-order valence-corrected chi connectivity index (χ1v) is 11.4. The van der Waals surface area contributed by atoms with Gasteiger partial charge in [0.15, 0.2) is 0 Å². The monoisotopic (exact) mass is 491 g/mol. The lowest BCUT2D eigenvalue weighted by atomic mass is 10.0. The average molecular weight is 492 g/mol. The quantitative estimate of drug-likeness (QED) is 0.209. The van der Waals surface area contributed by atoms with Gasteiger partial charge in [0.05, 0.1) is 18.9 Å². The number of anilines is 1. The van der Waals surface area contributed by atoms with Gasteiger partial charge in [0.25, 0.3) is 5.91 Å². The van der Waals surface area contributed by atoms with E-state index in [0.717, 1.165) is 10.5 Å². The number of amides is 3. The Labute approximate surface area is 208 Å². The van der Waals surface area contributed by atoms with Crippen molar-refractivity contribution < 1.29 is 18.7 Å². The van der Waals surface area contributed by atoms with E-state index in [0.29, 0.717) is 23.4 Å². The second-order valence-corrected chi connectivity index (χ2v) is 9.00. The van der Waals surface area contributed by atoms with Crippen molar-refractivity contribution in [1.82, 2.24) is 4.90 Å². The molecule has 1 heterocycles. The van der Waals surface area contributed by atoms with Crippen molar-refractivity contribution in [2.45, 2.75) is 25.8 Å². The zero-order valence-corrected chi connectivity index (χ0v) is 20.1. The lowest BCUT2D eigenvalue weighted by Gasteiger charge is -2.27. The van der Waals surface area contributed by atoms with Gasteiger partial charge >= 0.3 is 6.03 Å². The van der Waals surface area contributed by atoms with E-state index in [-0.39, 0.29) is 35.6 Å².